The molecule has 0 aliphatic carbocycles. The number of rotatable bonds is 3. The van der Waals surface area contributed by atoms with Crippen LogP contribution in [0.25, 0.3) is 21.6 Å². The fraction of sp³-hybridized carbons (Fsp3) is 0.261. The second kappa shape index (κ2) is 7.12. The van der Waals surface area contributed by atoms with Crippen molar-refractivity contribution in [1.82, 2.24) is 14.8 Å². The Morgan fingerprint density at radius 3 is 2.83 bits per heavy atom. The summed E-state index contributed by atoms with van der Waals surface area (Å²) in [6.45, 7) is 4.88. The topological polar surface area (TPSA) is 51.0 Å². The van der Waals surface area contributed by atoms with Gasteiger partial charge in [-0.1, -0.05) is 24.3 Å². The summed E-state index contributed by atoms with van der Waals surface area (Å²) in [5.41, 5.74) is 4.50. The fourth-order valence-electron chi connectivity index (χ4n) is 4.01. The van der Waals surface area contributed by atoms with E-state index in [9.17, 15) is 4.79 Å². The van der Waals surface area contributed by atoms with Gasteiger partial charge in [0.2, 0.25) is 0 Å². The van der Waals surface area contributed by atoms with Crippen LogP contribution in [0, 0.1) is 0 Å². The Kier molecular flexibility index (Phi) is 4.43. The molecule has 3 aromatic heterocycles. The summed E-state index contributed by atoms with van der Waals surface area (Å²) in [6, 6.07) is 14.3. The minimum Gasteiger partial charge on any atom is -0.308 e. The van der Waals surface area contributed by atoms with Crippen molar-refractivity contribution < 1.29 is 4.79 Å². The van der Waals surface area contributed by atoms with E-state index in [1.54, 1.807) is 17.5 Å². The Bertz CT molecular complexity index is 1190. The minimum absolute atomic E-state index is 0.0191. The number of carbonyl (C=O) groups is 1. The molecule has 5 nitrogen and oxygen atoms in total. The first kappa shape index (κ1) is 18.1. The van der Waals surface area contributed by atoms with Crippen LogP contribution in [0.5, 0.6) is 0 Å². The highest BCUT2D eigenvalue weighted by Crippen LogP contribution is 2.33. The van der Waals surface area contributed by atoms with Gasteiger partial charge in [0, 0.05) is 18.3 Å². The summed E-state index contributed by atoms with van der Waals surface area (Å²) >= 11 is 1.63. The molecule has 6 heteroatoms. The van der Waals surface area contributed by atoms with Crippen molar-refractivity contribution in [3.63, 3.8) is 0 Å². The van der Waals surface area contributed by atoms with Gasteiger partial charge in [0.1, 0.15) is 0 Å². The van der Waals surface area contributed by atoms with E-state index in [-0.39, 0.29) is 11.9 Å². The van der Waals surface area contributed by atoms with E-state index < -0.39 is 0 Å². The number of para-hydroxylation sites is 1. The Morgan fingerprint density at radius 1 is 1.17 bits per heavy atom. The molecule has 4 aromatic rings. The van der Waals surface area contributed by atoms with Crippen LogP contribution < -0.4 is 4.90 Å². The van der Waals surface area contributed by atoms with E-state index >= 15 is 0 Å². The van der Waals surface area contributed by atoms with Crippen LogP contribution in [0.2, 0.25) is 0 Å². The predicted molar refractivity (Wildman–Crippen MR) is 118 cm³/mol. The third kappa shape index (κ3) is 3.04. The van der Waals surface area contributed by atoms with Gasteiger partial charge in [-0.05, 0) is 55.8 Å². The van der Waals surface area contributed by atoms with Gasteiger partial charge in [-0.25, -0.2) is 9.67 Å². The molecule has 0 radical (unpaired) electrons. The monoisotopic (exact) mass is 402 g/mol. The molecular weight excluding hydrogens is 380 g/mol. The molecule has 0 unspecified atom stereocenters. The highest BCUT2D eigenvalue weighted by Gasteiger charge is 2.27. The molecule has 0 spiro atoms. The van der Waals surface area contributed by atoms with Crippen molar-refractivity contribution in [2.24, 2.45) is 0 Å². The molecule has 0 N–H and O–H groups in total. The number of benzene rings is 1. The summed E-state index contributed by atoms with van der Waals surface area (Å²) in [5, 5.41) is 7.38. The Morgan fingerprint density at radius 2 is 2.03 bits per heavy atom. The van der Waals surface area contributed by atoms with Crippen LogP contribution >= 0.6 is 11.3 Å². The lowest BCUT2D eigenvalue weighted by atomic mass is 10.00. The van der Waals surface area contributed by atoms with Crippen molar-refractivity contribution in [3.05, 3.63) is 65.2 Å². The van der Waals surface area contributed by atoms with Crippen LogP contribution in [-0.2, 0) is 6.42 Å². The maximum atomic E-state index is 13.7. The molecule has 146 valence electrons. The zero-order chi connectivity index (χ0) is 20.0. The SMILES string of the molecule is CC(C)n1ncc2c(C(=O)N3CCCc4ccccc43)cc(-c3cccs3)nc21. The van der Waals surface area contributed by atoms with Crippen molar-refractivity contribution in [3.8, 4) is 10.6 Å². The summed E-state index contributed by atoms with van der Waals surface area (Å²) in [7, 11) is 0. The molecule has 0 fully saturated rings. The maximum Gasteiger partial charge on any atom is 0.259 e. The summed E-state index contributed by atoms with van der Waals surface area (Å²) in [6.07, 6.45) is 3.76. The van der Waals surface area contributed by atoms with Crippen molar-refractivity contribution in [2.45, 2.75) is 32.7 Å². The third-order valence-electron chi connectivity index (χ3n) is 5.42. The van der Waals surface area contributed by atoms with Gasteiger partial charge in [0.25, 0.3) is 5.91 Å². The van der Waals surface area contributed by atoms with E-state index in [1.165, 1.54) is 5.56 Å². The lowest BCUT2D eigenvalue weighted by Gasteiger charge is -2.29. The molecule has 1 aromatic carbocycles. The van der Waals surface area contributed by atoms with Gasteiger partial charge in [-0.15, -0.1) is 11.3 Å². The van der Waals surface area contributed by atoms with E-state index in [4.69, 9.17) is 4.98 Å². The van der Waals surface area contributed by atoms with E-state index in [2.05, 4.69) is 25.0 Å². The predicted octanol–water partition coefficient (Wildman–Crippen LogP) is 5.33. The number of amides is 1. The molecule has 1 amide bonds. The molecule has 1 aliphatic heterocycles. The number of hydrogen-bond acceptors (Lipinski definition) is 4. The molecule has 0 atom stereocenters. The van der Waals surface area contributed by atoms with Crippen LogP contribution in [0.15, 0.2) is 54.0 Å². The summed E-state index contributed by atoms with van der Waals surface area (Å²) in [5.74, 6) is 0.0191. The average Bonchev–Trinajstić information content (AvgIpc) is 3.42. The van der Waals surface area contributed by atoms with Gasteiger partial charge in [0.05, 0.1) is 27.7 Å². The lowest BCUT2D eigenvalue weighted by molar-refractivity contribution is 0.0986. The number of fused-ring (bicyclic) bond motifs is 2. The van der Waals surface area contributed by atoms with Gasteiger partial charge in [-0.3, -0.25) is 4.79 Å². The molecule has 0 bridgehead atoms. The average molecular weight is 403 g/mol. The quantitative estimate of drug-likeness (QED) is 0.465. The van der Waals surface area contributed by atoms with E-state index in [0.29, 0.717) is 5.56 Å². The summed E-state index contributed by atoms with van der Waals surface area (Å²) < 4.78 is 1.90. The van der Waals surface area contributed by atoms with Crippen LogP contribution in [0.1, 0.15) is 42.2 Å². The van der Waals surface area contributed by atoms with Crippen molar-refractivity contribution in [2.75, 3.05) is 11.4 Å². The first-order chi connectivity index (χ1) is 14.1. The molecule has 1 aliphatic rings. The lowest BCUT2D eigenvalue weighted by Crippen LogP contribution is -2.35. The maximum absolute atomic E-state index is 13.7. The highest BCUT2D eigenvalue weighted by atomic mass is 32.1. The number of nitrogens with zero attached hydrogens (tertiary/aromatic N) is 4. The van der Waals surface area contributed by atoms with E-state index in [0.717, 1.165) is 46.7 Å². The Labute approximate surface area is 173 Å². The molecule has 29 heavy (non-hydrogen) atoms. The van der Waals surface area contributed by atoms with Gasteiger partial charge < -0.3 is 4.90 Å². The smallest absolute Gasteiger partial charge is 0.259 e. The molecular formula is C23H22N4OS. The number of thiophene rings is 1. The van der Waals surface area contributed by atoms with Crippen molar-refractivity contribution in [1.29, 1.82) is 0 Å². The van der Waals surface area contributed by atoms with Gasteiger partial charge >= 0.3 is 0 Å². The normalized spacial score (nSPS) is 13.8. The Hall–Kier alpha value is -2.99. The molecule has 5 rings (SSSR count). The van der Waals surface area contributed by atoms with Crippen LogP contribution in [0.4, 0.5) is 5.69 Å². The summed E-state index contributed by atoms with van der Waals surface area (Å²) in [4.78, 5) is 21.6. The number of pyridine rings is 1. The van der Waals surface area contributed by atoms with Gasteiger partial charge in [0.15, 0.2) is 5.65 Å². The number of aryl methyl sites for hydroxylation is 1. The number of carbonyl (C=O) groups excluding carboxylic acids is 1. The van der Waals surface area contributed by atoms with Crippen LogP contribution in [-0.4, -0.2) is 27.2 Å². The first-order valence-corrected chi connectivity index (χ1v) is 10.8. The number of hydrogen-bond donors (Lipinski definition) is 0. The molecule has 4 heterocycles. The minimum atomic E-state index is 0.0191. The fourth-order valence-corrected chi connectivity index (χ4v) is 4.70. The first-order valence-electron chi connectivity index (χ1n) is 9.95. The highest BCUT2D eigenvalue weighted by molar-refractivity contribution is 7.13. The Balaban J connectivity index is 1.69. The zero-order valence-corrected chi connectivity index (χ0v) is 17.3. The molecule has 0 saturated carbocycles. The largest absolute Gasteiger partial charge is 0.308 e. The number of anilines is 1. The zero-order valence-electron chi connectivity index (χ0n) is 16.5. The molecule has 0 saturated heterocycles. The second-order valence-electron chi connectivity index (χ2n) is 7.64. The second-order valence-corrected chi connectivity index (χ2v) is 8.59. The number of aromatic nitrogens is 3. The standard InChI is InChI=1S/C23H22N4OS/c1-15(2)27-22-18(14-24-27)17(13-19(25-22)21-10-6-12-29-21)23(28)26-11-5-8-16-7-3-4-9-20(16)26/h3-4,6-7,9-10,12-15H,5,8,11H2,1-2H3. The van der Waals surface area contributed by atoms with Crippen molar-refractivity contribution >= 4 is 34.0 Å². The van der Waals surface area contributed by atoms with Gasteiger partial charge in [-0.2, -0.15) is 5.10 Å². The van der Waals surface area contributed by atoms with E-state index in [1.807, 2.05) is 51.4 Å². The van der Waals surface area contributed by atoms with Crippen LogP contribution in [0.3, 0.4) is 0 Å². The third-order valence-corrected chi connectivity index (χ3v) is 6.31.